The fraction of sp³-hybridized carbons (Fsp3) is 0.467. The molecule has 21 heavy (non-hydrogen) atoms. The zero-order valence-electron chi connectivity index (χ0n) is 12.5. The molecule has 0 atom stereocenters. The summed E-state index contributed by atoms with van der Waals surface area (Å²) in [5, 5.41) is 2.31. The fourth-order valence-corrected chi connectivity index (χ4v) is 1.92. The van der Waals surface area contributed by atoms with Gasteiger partial charge in [0.25, 0.3) is 0 Å². The molecule has 6 heteroatoms. The molecule has 0 bridgehead atoms. The van der Waals surface area contributed by atoms with Gasteiger partial charge in [0, 0.05) is 6.42 Å². The molecule has 0 aromatic heterocycles. The van der Waals surface area contributed by atoms with E-state index in [9.17, 15) is 14.0 Å². The Hall–Kier alpha value is -1.62. The minimum Gasteiger partial charge on any atom is -0.444 e. The lowest BCUT2D eigenvalue weighted by Gasteiger charge is -2.20. The Balaban J connectivity index is 3.03. The zero-order chi connectivity index (χ0) is 16.2. The maximum atomic E-state index is 14.3. The summed E-state index contributed by atoms with van der Waals surface area (Å²) in [5.74, 6) is -1.24. The maximum Gasteiger partial charge on any atom is 0.412 e. The van der Waals surface area contributed by atoms with E-state index in [2.05, 4.69) is 5.32 Å². The van der Waals surface area contributed by atoms with E-state index in [1.807, 2.05) is 6.92 Å². The lowest BCUT2D eigenvalue weighted by atomic mass is 10.1. The maximum absolute atomic E-state index is 14.3. The van der Waals surface area contributed by atoms with Gasteiger partial charge in [0.1, 0.15) is 5.60 Å². The summed E-state index contributed by atoms with van der Waals surface area (Å²) in [7, 11) is 0. The Bertz CT molecular complexity index is 553. The van der Waals surface area contributed by atoms with Gasteiger partial charge in [-0.2, -0.15) is 0 Å². The number of benzene rings is 1. The largest absolute Gasteiger partial charge is 0.444 e. The van der Waals surface area contributed by atoms with Crippen LogP contribution < -0.4 is 5.32 Å². The van der Waals surface area contributed by atoms with E-state index in [4.69, 9.17) is 16.3 Å². The number of hydrogen-bond donors (Lipinski definition) is 1. The first-order chi connectivity index (χ1) is 9.65. The van der Waals surface area contributed by atoms with Crippen LogP contribution in [0.3, 0.4) is 0 Å². The molecule has 1 aromatic carbocycles. The van der Waals surface area contributed by atoms with Crippen LogP contribution in [-0.4, -0.2) is 17.5 Å². The number of amides is 1. The SMILES string of the molecule is CCCC(=O)c1c(Cl)ccc(NC(=O)OC(C)(C)C)c1F. The van der Waals surface area contributed by atoms with E-state index in [1.165, 1.54) is 12.1 Å². The number of hydrogen-bond acceptors (Lipinski definition) is 3. The third-order valence-corrected chi connectivity index (χ3v) is 2.80. The third kappa shape index (κ3) is 5.01. The quantitative estimate of drug-likeness (QED) is 0.811. The molecule has 0 aliphatic rings. The van der Waals surface area contributed by atoms with Gasteiger partial charge < -0.3 is 4.74 Å². The Morgan fingerprint density at radius 1 is 1.33 bits per heavy atom. The number of carbonyl (C=O) groups excluding carboxylic acids is 2. The summed E-state index contributed by atoms with van der Waals surface area (Å²) in [5.41, 5.74) is -1.03. The van der Waals surface area contributed by atoms with Crippen molar-refractivity contribution in [2.75, 3.05) is 5.32 Å². The number of rotatable bonds is 4. The van der Waals surface area contributed by atoms with Crippen molar-refractivity contribution in [1.82, 2.24) is 0 Å². The highest BCUT2D eigenvalue weighted by atomic mass is 35.5. The minimum atomic E-state index is -0.841. The molecule has 0 saturated carbocycles. The summed E-state index contributed by atoms with van der Waals surface area (Å²) >= 11 is 5.87. The first-order valence-electron chi connectivity index (χ1n) is 6.67. The van der Waals surface area contributed by atoms with Gasteiger partial charge in [0.05, 0.1) is 16.3 Å². The van der Waals surface area contributed by atoms with Gasteiger partial charge in [-0.25, -0.2) is 9.18 Å². The van der Waals surface area contributed by atoms with Crippen LogP contribution in [-0.2, 0) is 4.74 Å². The lowest BCUT2D eigenvalue weighted by molar-refractivity contribution is 0.0634. The predicted molar refractivity (Wildman–Crippen MR) is 80.5 cm³/mol. The van der Waals surface area contributed by atoms with Gasteiger partial charge >= 0.3 is 6.09 Å². The minimum absolute atomic E-state index is 0.0284. The Labute approximate surface area is 128 Å². The third-order valence-electron chi connectivity index (χ3n) is 2.48. The Morgan fingerprint density at radius 2 is 1.95 bits per heavy atom. The molecule has 0 unspecified atom stereocenters. The van der Waals surface area contributed by atoms with Crippen molar-refractivity contribution in [3.8, 4) is 0 Å². The fourth-order valence-electron chi connectivity index (χ4n) is 1.67. The van der Waals surface area contributed by atoms with Crippen molar-refractivity contribution < 1.29 is 18.7 Å². The number of ketones is 1. The van der Waals surface area contributed by atoms with E-state index in [-0.39, 0.29) is 22.7 Å². The number of Topliss-reactive ketones (excluding diaryl/α,β-unsaturated/α-hetero) is 1. The van der Waals surface area contributed by atoms with Crippen molar-refractivity contribution in [3.63, 3.8) is 0 Å². The smallest absolute Gasteiger partial charge is 0.412 e. The van der Waals surface area contributed by atoms with Gasteiger partial charge in [-0.15, -0.1) is 0 Å². The summed E-state index contributed by atoms with van der Waals surface area (Å²) in [4.78, 5) is 23.5. The van der Waals surface area contributed by atoms with Crippen LogP contribution in [0.15, 0.2) is 12.1 Å². The number of anilines is 1. The van der Waals surface area contributed by atoms with Crippen LogP contribution in [0.2, 0.25) is 5.02 Å². The summed E-state index contributed by atoms with van der Waals surface area (Å²) in [6.45, 7) is 6.90. The van der Waals surface area contributed by atoms with Crippen LogP contribution >= 0.6 is 11.6 Å². The Morgan fingerprint density at radius 3 is 2.48 bits per heavy atom. The average Bonchev–Trinajstić information content (AvgIpc) is 2.31. The van der Waals surface area contributed by atoms with E-state index in [0.29, 0.717) is 6.42 Å². The lowest BCUT2D eigenvalue weighted by Crippen LogP contribution is -2.27. The second-order valence-corrected chi connectivity index (χ2v) is 5.99. The molecule has 116 valence electrons. The summed E-state index contributed by atoms with van der Waals surface area (Å²) < 4.78 is 19.4. The van der Waals surface area contributed by atoms with Crippen LogP contribution in [0.1, 0.15) is 50.9 Å². The highest BCUT2D eigenvalue weighted by Crippen LogP contribution is 2.27. The number of halogens is 2. The van der Waals surface area contributed by atoms with Gasteiger partial charge in [-0.1, -0.05) is 18.5 Å². The molecule has 0 aliphatic carbocycles. The van der Waals surface area contributed by atoms with Crippen molar-refractivity contribution in [3.05, 3.63) is 28.5 Å². The van der Waals surface area contributed by atoms with E-state index in [1.54, 1.807) is 20.8 Å². The first kappa shape index (κ1) is 17.4. The summed E-state index contributed by atoms with van der Waals surface area (Å²) in [6.07, 6.45) is -0.0252. The molecular formula is C15H19ClFNO3. The molecule has 0 heterocycles. The van der Waals surface area contributed by atoms with Crippen LogP contribution in [0.25, 0.3) is 0 Å². The molecule has 1 N–H and O–H groups in total. The average molecular weight is 316 g/mol. The normalized spacial score (nSPS) is 11.1. The topological polar surface area (TPSA) is 55.4 Å². The number of nitrogens with one attached hydrogen (secondary N) is 1. The van der Waals surface area contributed by atoms with Crippen molar-refractivity contribution in [1.29, 1.82) is 0 Å². The highest BCUT2D eigenvalue weighted by molar-refractivity contribution is 6.34. The first-order valence-corrected chi connectivity index (χ1v) is 7.04. The standard InChI is InChI=1S/C15H19ClFNO3/c1-5-6-11(19)12-9(16)7-8-10(13(12)17)18-14(20)21-15(2,3)4/h7-8H,5-6H2,1-4H3,(H,18,20). The molecule has 1 aromatic rings. The second-order valence-electron chi connectivity index (χ2n) is 5.58. The van der Waals surface area contributed by atoms with Crippen molar-refractivity contribution in [2.24, 2.45) is 0 Å². The second kappa shape index (κ2) is 6.89. The zero-order valence-corrected chi connectivity index (χ0v) is 13.3. The molecule has 0 spiro atoms. The van der Waals surface area contributed by atoms with Gasteiger partial charge in [0.2, 0.25) is 0 Å². The van der Waals surface area contributed by atoms with Crippen molar-refractivity contribution in [2.45, 2.75) is 46.1 Å². The molecule has 0 aliphatic heterocycles. The van der Waals surface area contributed by atoms with Crippen LogP contribution in [0, 0.1) is 5.82 Å². The molecular weight excluding hydrogens is 297 g/mol. The van der Waals surface area contributed by atoms with E-state index in [0.717, 1.165) is 0 Å². The van der Waals surface area contributed by atoms with E-state index < -0.39 is 23.3 Å². The monoisotopic (exact) mass is 315 g/mol. The highest BCUT2D eigenvalue weighted by Gasteiger charge is 2.22. The summed E-state index contributed by atoms with van der Waals surface area (Å²) in [6, 6.07) is 2.67. The van der Waals surface area contributed by atoms with Crippen LogP contribution in [0.5, 0.6) is 0 Å². The van der Waals surface area contributed by atoms with Crippen LogP contribution in [0.4, 0.5) is 14.9 Å². The Kier molecular flexibility index (Phi) is 5.72. The van der Waals surface area contributed by atoms with Gasteiger partial charge in [0.15, 0.2) is 11.6 Å². The van der Waals surface area contributed by atoms with Crippen molar-refractivity contribution >= 4 is 29.2 Å². The molecule has 1 amide bonds. The molecule has 1 rings (SSSR count). The van der Waals surface area contributed by atoms with Gasteiger partial charge in [-0.3, -0.25) is 10.1 Å². The molecule has 0 saturated heterocycles. The molecule has 0 fully saturated rings. The van der Waals surface area contributed by atoms with E-state index >= 15 is 0 Å². The number of carbonyl (C=O) groups is 2. The predicted octanol–water partition coefficient (Wildman–Crippen LogP) is 4.81. The number of ether oxygens (including phenoxy) is 1. The van der Waals surface area contributed by atoms with Gasteiger partial charge in [-0.05, 0) is 39.3 Å². The molecule has 0 radical (unpaired) electrons. The molecule has 4 nitrogen and oxygen atoms in total.